The van der Waals surface area contributed by atoms with Crippen LogP contribution in [0.3, 0.4) is 0 Å². The summed E-state index contributed by atoms with van der Waals surface area (Å²) in [6.07, 6.45) is 1.69. The van der Waals surface area contributed by atoms with Gasteiger partial charge >= 0.3 is 0 Å². The van der Waals surface area contributed by atoms with E-state index in [1.54, 1.807) is 24.7 Å². The predicted molar refractivity (Wildman–Crippen MR) is 80.1 cm³/mol. The number of benzene rings is 1. The zero-order valence-corrected chi connectivity index (χ0v) is 11.8. The lowest BCUT2D eigenvalue weighted by Gasteiger charge is -2.05. The van der Waals surface area contributed by atoms with Crippen molar-refractivity contribution in [2.45, 2.75) is 6.54 Å². The lowest BCUT2D eigenvalue weighted by Crippen LogP contribution is -1.99. The molecule has 0 saturated carbocycles. The van der Waals surface area contributed by atoms with E-state index >= 15 is 0 Å². The Balaban J connectivity index is 1.63. The molecule has 0 aliphatic rings. The Hall–Kier alpha value is -2.27. The van der Waals surface area contributed by atoms with E-state index in [0.29, 0.717) is 12.4 Å². The number of anilines is 1. The van der Waals surface area contributed by atoms with Crippen molar-refractivity contribution in [1.29, 1.82) is 0 Å². The van der Waals surface area contributed by atoms with Gasteiger partial charge in [0.2, 0.25) is 5.89 Å². The lowest BCUT2D eigenvalue weighted by molar-refractivity contribution is 0.415. The molecule has 0 radical (unpaired) electrons. The summed E-state index contributed by atoms with van der Waals surface area (Å²) in [6, 6.07) is 11.8. The summed E-state index contributed by atoms with van der Waals surface area (Å²) < 4.78 is 10.6. The van der Waals surface area contributed by atoms with Crippen molar-refractivity contribution >= 4 is 17.0 Å². The number of rotatable bonds is 5. The van der Waals surface area contributed by atoms with Crippen molar-refractivity contribution in [2.75, 3.05) is 12.4 Å². The van der Waals surface area contributed by atoms with Crippen molar-refractivity contribution < 1.29 is 9.15 Å². The van der Waals surface area contributed by atoms with Crippen LogP contribution >= 0.6 is 11.3 Å². The van der Waals surface area contributed by atoms with E-state index < -0.39 is 0 Å². The van der Waals surface area contributed by atoms with Crippen LogP contribution in [0.5, 0.6) is 5.75 Å². The number of thiophene rings is 1. The third kappa shape index (κ3) is 2.83. The van der Waals surface area contributed by atoms with Crippen LogP contribution in [0.15, 0.2) is 52.5 Å². The minimum absolute atomic E-state index is 0.626. The molecular formula is C15H14N2O2S. The minimum atomic E-state index is 0.626. The van der Waals surface area contributed by atoms with Gasteiger partial charge in [0.1, 0.15) is 12.0 Å². The molecule has 0 bridgehead atoms. The minimum Gasteiger partial charge on any atom is -0.497 e. The molecule has 0 amide bonds. The first-order chi connectivity index (χ1) is 9.85. The van der Waals surface area contributed by atoms with Crippen LogP contribution in [0, 0.1) is 0 Å². The fraction of sp³-hybridized carbons (Fsp3) is 0.133. The molecule has 0 spiro atoms. The van der Waals surface area contributed by atoms with Gasteiger partial charge in [0.05, 0.1) is 24.2 Å². The molecule has 0 saturated heterocycles. The number of nitrogens with zero attached hydrogens (tertiary/aromatic N) is 1. The van der Waals surface area contributed by atoms with Crippen molar-refractivity contribution in [3.05, 3.63) is 53.7 Å². The Kier molecular flexibility index (Phi) is 3.69. The Labute approximate surface area is 121 Å². The first kappa shape index (κ1) is 12.7. The number of methoxy groups -OCH3 is 1. The number of nitrogens with one attached hydrogen (secondary N) is 1. The van der Waals surface area contributed by atoms with Crippen LogP contribution in [-0.2, 0) is 6.54 Å². The van der Waals surface area contributed by atoms with Crippen molar-refractivity contribution in [1.82, 2.24) is 4.98 Å². The Morgan fingerprint density at radius 1 is 1.25 bits per heavy atom. The van der Waals surface area contributed by atoms with Gasteiger partial charge in [0, 0.05) is 5.69 Å². The molecule has 102 valence electrons. The lowest BCUT2D eigenvalue weighted by atomic mass is 10.3. The molecule has 3 rings (SSSR count). The fourth-order valence-electron chi connectivity index (χ4n) is 1.80. The van der Waals surface area contributed by atoms with E-state index in [0.717, 1.165) is 22.0 Å². The third-order valence-corrected chi connectivity index (χ3v) is 3.71. The maximum Gasteiger partial charge on any atom is 0.236 e. The van der Waals surface area contributed by atoms with Crippen molar-refractivity contribution in [2.24, 2.45) is 0 Å². The van der Waals surface area contributed by atoms with Crippen LogP contribution in [0.2, 0.25) is 0 Å². The summed E-state index contributed by atoms with van der Waals surface area (Å²) in [7, 11) is 1.66. The molecule has 2 heterocycles. The molecule has 5 heteroatoms. The van der Waals surface area contributed by atoms with Crippen LogP contribution in [0.4, 0.5) is 5.69 Å². The van der Waals surface area contributed by atoms with E-state index in [4.69, 9.17) is 9.15 Å². The van der Waals surface area contributed by atoms with E-state index in [1.165, 1.54) is 0 Å². The molecule has 0 aliphatic carbocycles. The normalized spacial score (nSPS) is 10.4. The predicted octanol–water partition coefficient (Wildman–Crippen LogP) is 4.02. The maximum absolute atomic E-state index is 5.47. The molecule has 3 aromatic rings. The van der Waals surface area contributed by atoms with Crippen LogP contribution in [0.25, 0.3) is 10.8 Å². The molecule has 0 unspecified atom stereocenters. The molecule has 4 nitrogen and oxygen atoms in total. The van der Waals surface area contributed by atoms with E-state index in [1.807, 2.05) is 41.8 Å². The molecule has 0 aliphatic heterocycles. The first-order valence-electron chi connectivity index (χ1n) is 6.21. The third-order valence-electron chi connectivity index (χ3n) is 2.85. The van der Waals surface area contributed by atoms with Gasteiger partial charge in [-0.2, -0.15) is 0 Å². The smallest absolute Gasteiger partial charge is 0.236 e. The highest BCUT2D eigenvalue weighted by Gasteiger charge is 2.07. The van der Waals surface area contributed by atoms with Crippen LogP contribution < -0.4 is 10.1 Å². The SMILES string of the molecule is COc1ccc(NCc2coc(-c3cccs3)n2)cc1. The number of aromatic nitrogens is 1. The molecule has 0 fully saturated rings. The zero-order valence-electron chi connectivity index (χ0n) is 11.0. The van der Waals surface area contributed by atoms with Gasteiger partial charge < -0.3 is 14.5 Å². The van der Waals surface area contributed by atoms with Gasteiger partial charge in [-0.15, -0.1) is 11.3 Å². The topological polar surface area (TPSA) is 47.3 Å². The second kappa shape index (κ2) is 5.79. The molecule has 1 aromatic carbocycles. The highest BCUT2D eigenvalue weighted by molar-refractivity contribution is 7.13. The first-order valence-corrected chi connectivity index (χ1v) is 7.09. The molecule has 1 N–H and O–H groups in total. The Morgan fingerprint density at radius 3 is 2.80 bits per heavy atom. The van der Waals surface area contributed by atoms with Gasteiger partial charge in [-0.3, -0.25) is 0 Å². The zero-order chi connectivity index (χ0) is 13.8. The standard InChI is InChI=1S/C15H14N2O2S/c1-18-13-6-4-11(5-7-13)16-9-12-10-19-15(17-12)14-3-2-8-20-14/h2-8,10,16H,9H2,1H3. The fourth-order valence-corrected chi connectivity index (χ4v) is 2.46. The van der Waals surface area contributed by atoms with Crippen molar-refractivity contribution in [3.8, 4) is 16.5 Å². The molecular weight excluding hydrogens is 272 g/mol. The van der Waals surface area contributed by atoms with E-state index in [-0.39, 0.29) is 0 Å². The summed E-state index contributed by atoms with van der Waals surface area (Å²) in [5.74, 6) is 1.52. The van der Waals surface area contributed by atoms with Gasteiger partial charge in [0.25, 0.3) is 0 Å². The van der Waals surface area contributed by atoms with E-state index in [9.17, 15) is 0 Å². The van der Waals surface area contributed by atoms with Gasteiger partial charge in [-0.25, -0.2) is 4.98 Å². The van der Waals surface area contributed by atoms with Gasteiger partial charge in [-0.1, -0.05) is 6.07 Å². The Bertz CT molecular complexity index is 660. The van der Waals surface area contributed by atoms with Gasteiger partial charge in [-0.05, 0) is 35.7 Å². The highest BCUT2D eigenvalue weighted by atomic mass is 32.1. The number of hydrogen-bond acceptors (Lipinski definition) is 5. The van der Waals surface area contributed by atoms with E-state index in [2.05, 4.69) is 10.3 Å². The van der Waals surface area contributed by atoms with Crippen molar-refractivity contribution in [3.63, 3.8) is 0 Å². The summed E-state index contributed by atoms with van der Waals surface area (Å²) >= 11 is 1.62. The molecule has 20 heavy (non-hydrogen) atoms. The summed E-state index contributed by atoms with van der Waals surface area (Å²) in [5, 5.41) is 5.30. The molecule has 2 aromatic heterocycles. The number of ether oxygens (including phenoxy) is 1. The highest BCUT2D eigenvalue weighted by Crippen LogP contribution is 2.24. The average molecular weight is 286 g/mol. The number of hydrogen-bond donors (Lipinski definition) is 1. The average Bonchev–Trinajstić information content (AvgIpc) is 3.16. The molecule has 0 atom stereocenters. The van der Waals surface area contributed by atoms with Gasteiger partial charge in [0.15, 0.2) is 0 Å². The van der Waals surface area contributed by atoms with Crippen LogP contribution in [0.1, 0.15) is 5.69 Å². The second-order valence-corrected chi connectivity index (χ2v) is 5.15. The Morgan fingerprint density at radius 2 is 2.10 bits per heavy atom. The summed E-state index contributed by atoms with van der Waals surface area (Å²) in [4.78, 5) is 5.50. The number of oxazole rings is 1. The largest absolute Gasteiger partial charge is 0.497 e. The summed E-state index contributed by atoms with van der Waals surface area (Å²) in [6.45, 7) is 0.626. The second-order valence-electron chi connectivity index (χ2n) is 4.20. The van der Waals surface area contributed by atoms with Crippen LogP contribution in [-0.4, -0.2) is 12.1 Å². The summed E-state index contributed by atoms with van der Waals surface area (Å²) in [5.41, 5.74) is 1.90. The monoisotopic (exact) mass is 286 g/mol. The quantitative estimate of drug-likeness (QED) is 0.769. The maximum atomic E-state index is 5.47.